The average molecular weight is 219 g/mol. The monoisotopic (exact) mass is 219 g/mol. The Morgan fingerprint density at radius 2 is 1.81 bits per heavy atom. The Bertz CT molecular complexity index is 378. The van der Waals surface area contributed by atoms with Crippen molar-refractivity contribution in [2.24, 2.45) is 10.3 Å². The van der Waals surface area contributed by atoms with Gasteiger partial charge in [0.2, 0.25) is 0 Å². The van der Waals surface area contributed by atoms with Crippen LogP contribution in [0.3, 0.4) is 0 Å². The zero-order chi connectivity index (χ0) is 11.4. The van der Waals surface area contributed by atoms with Crippen LogP contribution in [-0.2, 0) is 0 Å². The molecule has 1 heterocycles. The van der Waals surface area contributed by atoms with E-state index in [1.807, 2.05) is 5.01 Å². The first-order chi connectivity index (χ1) is 7.77. The number of hydrogen-bond donors (Lipinski definition) is 2. The van der Waals surface area contributed by atoms with Crippen LogP contribution < -0.4 is 5.46 Å². The summed E-state index contributed by atoms with van der Waals surface area (Å²) in [6.07, 6.45) is 2.28. The number of rotatable bonds is 3. The Balaban J connectivity index is 2.13. The molecular formula is C10H14BN3O2. The maximum Gasteiger partial charge on any atom is 0.490 e. The smallest absolute Gasteiger partial charge is 0.423 e. The fourth-order valence-electron chi connectivity index (χ4n) is 1.70. The Morgan fingerprint density at radius 3 is 2.50 bits per heavy atom. The lowest BCUT2D eigenvalue weighted by molar-refractivity contribution is 0.336. The largest absolute Gasteiger partial charge is 0.490 e. The minimum Gasteiger partial charge on any atom is -0.423 e. The van der Waals surface area contributed by atoms with E-state index in [4.69, 9.17) is 10.0 Å². The molecule has 1 aliphatic heterocycles. The van der Waals surface area contributed by atoms with Gasteiger partial charge in [0, 0.05) is 18.6 Å². The SMILES string of the molecule is OB(O)c1ccccc1N=NN1CCCC1. The molecule has 0 aliphatic carbocycles. The second-order valence-electron chi connectivity index (χ2n) is 3.78. The predicted molar refractivity (Wildman–Crippen MR) is 61.6 cm³/mol. The lowest BCUT2D eigenvalue weighted by atomic mass is 9.79. The molecule has 0 unspecified atom stereocenters. The van der Waals surface area contributed by atoms with Crippen molar-refractivity contribution in [2.45, 2.75) is 12.8 Å². The molecule has 0 bridgehead atoms. The van der Waals surface area contributed by atoms with Gasteiger partial charge in [0.15, 0.2) is 0 Å². The van der Waals surface area contributed by atoms with Gasteiger partial charge >= 0.3 is 7.12 Å². The van der Waals surface area contributed by atoms with E-state index >= 15 is 0 Å². The molecule has 1 saturated heterocycles. The van der Waals surface area contributed by atoms with E-state index in [1.54, 1.807) is 24.3 Å². The van der Waals surface area contributed by atoms with Crippen LogP contribution in [0.4, 0.5) is 5.69 Å². The summed E-state index contributed by atoms with van der Waals surface area (Å²) in [6, 6.07) is 6.88. The third kappa shape index (κ3) is 2.59. The predicted octanol–water partition coefficient (Wildman–Crippen LogP) is 0.461. The Hall–Kier alpha value is -1.40. The molecule has 0 atom stereocenters. The molecule has 16 heavy (non-hydrogen) atoms. The zero-order valence-corrected chi connectivity index (χ0v) is 8.95. The van der Waals surface area contributed by atoms with Gasteiger partial charge < -0.3 is 10.0 Å². The topological polar surface area (TPSA) is 68.4 Å². The summed E-state index contributed by atoms with van der Waals surface area (Å²) >= 11 is 0. The molecule has 1 aliphatic rings. The van der Waals surface area contributed by atoms with E-state index in [1.165, 1.54) is 0 Å². The van der Waals surface area contributed by atoms with Crippen molar-refractivity contribution in [1.29, 1.82) is 0 Å². The van der Waals surface area contributed by atoms with E-state index in [-0.39, 0.29) is 0 Å². The Morgan fingerprint density at radius 1 is 1.12 bits per heavy atom. The molecule has 0 spiro atoms. The normalized spacial score (nSPS) is 16.0. The van der Waals surface area contributed by atoms with Gasteiger partial charge in [0.1, 0.15) is 0 Å². The van der Waals surface area contributed by atoms with Crippen LogP contribution in [0.15, 0.2) is 34.6 Å². The van der Waals surface area contributed by atoms with Gasteiger partial charge in [-0.15, -0.1) is 5.11 Å². The van der Waals surface area contributed by atoms with E-state index in [9.17, 15) is 0 Å². The highest BCUT2D eigenvalue weighted by Crippen LogP contribution is 2.13. The summed E-state index contributed by atoms with van der Waals surface area (Å²) in [4.78, 5) is 0. The van der Waals surface area contributed by atoms with Crippen molar-refractivity contribution in [3.63, 3.8) is 0 Å². The van der Waals surface area contributed by atoms with Crippen molar-refractivity contribution in [2.75, 3.05) is 13.1 Å². The summed E-state index contributed by atoms with van der Waals surface area (Å²) in [5.74, 6) is 0. The van der Waals surface area contributed by atoms with Crippen molar-refractivity contribution in [1.82, 2.24) is 5.01 Å². The molecule has 0 amide bonds. The highest BCUT2D eigenvalue weighted by atomic mass is 16.4. The van der Waals surface area contributed by atoms with E-state index in [0.29, 0.717) is 11.2 Å². The van der Waals surface area contributed by atoms with E-state index in [0.717, 1.165) is 25.9 Å². The molecular weight excluding hydrogens is 205 g/mol. The number of benzene rings is 1. The zero-order valence-electron chi connectivity index (χ0n) is 8.95. The first kappa shape index (κ1) is 11.1. The van der Waals surface area contributed by atoms with Gasteiger partial charge in [0.05, 0.1) is 5.69 Å². The number of nitrogens with zero attached hydrogens (tertiary/aromatic N) is 3. The van der Waals surface area contributed by atoms with Gasteiger partial charge in [0.25, 0.3) is 0 Å². The number of hydrogen-bond acceptors (Lipinski definition) is 4. The molecule has 0 radical (unpaired) electrons. The van der Waals surface area contributed by atoms with E-state index in [2.05, 4.69) is 10.3 Å². The molecule has 1 fully saturated rings. The third-order valence-electron chi connectivity index (χ3n) is 2.58. The van der Waals surface area contributed by atoms with Crippen LogP contribution >= 0.6 is 0 Å². The quantitative estimate of drug-likeness (QED) is 0.573. The molecule has 0 aromatic heterocycles. The lowest BCUT2D eigenvalue weighted by Crippen LogP contribution is -2.29. The van der Waals surface area contributed by atoms with Crippen molar-refractivity contribution in [3.8, 4) is 0 Å². The van der Waals surface area contributed by atoms with Gasteiger partial charge in [-0.1, -0.05) is 23.4 Å². The van der Waals surface area contributed by atoms with Crippen LogP contribution in [0.2, 0.25) is 0 Å². The standard InChI is InChI=1S/C10H14BN3O2/c15-11(16)9-5-1-2-6-10(9)12-13-14-7-3-4-8-14/h1-2,5-6,15-16H,3-4,7-8H2. The molecule has 1 aromatic carbocycles. The van der Waals surface area contributed by atoms with Gasteiger partial charge in [-0.3, -0.25) is 5.01 Å². The average Bonchev–Trinajstić information content (AvgIpc) is 2.79. The summed E-state index contributed by atoms with van der Waals surface area (Å²) < 4.78 is 0. The second kappa shape index (κ2) is 5.09. The lowest BCUT2D eigenvalue weighted by Gasteiger charge is -2.08. The Labute approximate surface area is 94.5 Å². The maximum atomic E-state index is 9.14. The van der Waals surface area contributed by atoms with Crippen LogP contribution in [0.25, 0.3) is 0 Å². The molecule has 0 saturated carbocycles. The summed E-state index contributed by atoms with van der Waals surface area (Å²) in [7, 11) is -1.51. The van der Waals surface area contributed by atoms with Gasteiger partial charge in [-0.2, -0.15) is 0 Å². The molecule has 84 valence electrons. The van der Waals surface area contributed by atoms with Crippen LogP contribution in [0.5, 0.6) is 0 Å². The first-order valence-corrected chi connectivity index (χ1v) is 5.39. The molecule has 1 aromatic rings. The highest BCUT2D eigenvalue weighted by molar-refractivity contribution is 6.60. The summed E-state index contributed by atoms with van der Waals surface area (Å²) in [5.41, 5.74) is 0.884. The van der Waals surface area contributed by atoms with Gasteiger partial charge in [-0.05, 0) is 18.9 Å². The molecule has 2 N–H and O–H groups in total. The molecule has 5 nitrogen and oxygen atoms in total. The fourth-order valence-corrected chi connectivity index (χ4v) is 1.70. The van der Waals surface area contributed by atoms with Crippen molar-refractivity contribution in [3.05, 3.63) is 24.3 Å². The van der Waals surface area contributed by atoms with Gasteiger partial charge in [-0.25, -0.2) is 0 Å². The minimum absolute atomic E-state index is 0.380. The molecule has 6 heteroatoms. The fraction of sp³-hybridized carbons (Fsp3) is 0.400. The first-order valence-electron chi connectivity index (χ1n) is 5.39. The minimum atomic E-state index is -1.51. The second-order valence-corrected chi connectivity index (χ2v) is 3.78. The third-order valence-corrected chi connectivity index (χ3v) is 2.58. The van der Waals surface area contributed by atoms with Crippen molar-refractivity contribution < 1.29 is 10.0 Å². The van der Waals surface area contributed by atoms with Crippen molar-refractivity contribution >= 4 is 18.3 Å². The molecule has 2 rings (SSSR count). The van der Waals surface area contributed by atoms with E-state index < -0.39 is 7.12 Å². The van der Waals surface area contributed by atoms with Crippen LogP contribution in [-0.4, -0.2) is 35.3 Å². The summed E-state index contributed by atoms with van der Waals surface area (Å²) in [5, 5.41) is 28.3. The van der Waals surface area contributed by atoms with Crippen LogP contribution in [0.1, 0.15) is 12.8 Å². The highest BCUT2D eigenvalue weighted by Gasteiger charge is 2.15. The van der Waals surface area contributed by atoms with Crippen LogP contribution in [0, 0.1) is 0 Å². The maximum absolute atomic E-state index is 9.14. The Kier molecular flexibility index (Phi) is 3.53. The summed E-state index contributed by atoms with van der Waals surface area (Å²) in [6.45, 7) is 1.85.